The van der Waals surface area contributed by atoms with Crippen LogP contribution in [0.15, 0.2) is 23.3 Å². The van der Waals surface area contributed by atoms with Crippen LogP contribution in [0.4, 0.5) is 0 Å². The van der Waals surface area contributed by atoms with Crippen molar-refractivity contribution in [1.29, 1.82) is 0 Å². The molecule has 4 rings (SSSR count). The summed E-state index contributed by atoms with van der Waals surface area (Å²) < 4.78 is 0. The molecule has 1 heteroatoms. The standard InChI is InChI=1S/C33H57P/c1-23(2)26-21-30(24(3)4)33(31(22-26)25(5)6)29-19-13-14-20-32(29)34(27-15-9-7-10-16-27)28-17-11-8-12-18-28/h14,20,23-30,32H,7-13,15-19,21-22H2,1-6H3. The van der Waals surface area contributed by atoms with Crippen molar-refractivity contribution >= 4 is 7.92 Å². The van der Waals surface area contributed by atoms with Crippen LogP contribution in [-0.2, 0) is 0 Å². The number of allylic oxidation sites excluding steroid dienone is 4. The van der Waals surface area contributed by atoms with Gasteiger partial charge in [-0.25, -0.2) is 0 Å². The van der Waals surface area contributed by atoms with Gasteiger partial charge in [0.15, 0.2) is 0 Å². The van der Waals surface area contributed by atoms with Crippen LogP contribution in [0.25, 0.3) is 0 Å². The van der Waals surface area contributed by atoms with Crippen LogP contribution in [0.3, 0.4) is 0 Å². The molecule has 0 radical (unpaired) electrons. The fraction of sp³-hybridized carbons (Fsp3) is 0.879. The van der Waals surface area contributed by atoms with Crippen molar-refractivity contribution < 1.29 is 0 Å². The van der Waals surface area contributed by atoms with E-state index in [2.05, 4.69) is 53.7 Å². The van der Waals surface area contributed by atoms with Crippen LogP contribution in [0.1, 0.15) is 131 Å². The molecule has 0 nitrogen and oxygen atoms in total. The van der Waals surface area contributed by atoms with Gasteiger partial charge in [0.05, 0.1) is 0 Å². The Balaban J connectivity index is 1.74. The topological polar surface area (TPSA) is 0 Å². The summed E-state index contributed by atoms with van der Waals surface area (Å²) in [4.78, 5) is 0. The molecule has 0 spiro atoms. The van der Waals surface area contributed by atoms with Crippen LogP contribution in [0, 0.1) is 35.5 Å². The third-order valence-electron chi connectivity index (χ3n) is 10.4. The molecule has 2 saturated carbocycles. The molecule has 4 atom stereocenters. The van der Waals surface area contributed by atoms with Crippen molar-refractivity contribution in [3.05, 3.63) is 23.3 Å². The van der Waals surface area contributed by atoms with E-state index in [1.807, 2.05) is 11.1 Å². The molecule has 0 aromatic heterocycles. The first kappa shape index (κ1) is 27.0. The molecule has 0 amide bonds. The van der Waals surface area contributed by atoms with Crippen LogP contribution < -0.4 is 0 Å². The van der Waals surface area contributed by atoms with Gasteiger partial charge in [0.1, 0.15) is 0 Å². The maximum atomic E-state index is 2.82. The van der Waals surface area contributed by atoms with Gasteiger partial charge in [-0.1, -0.05) is 111 Å². The quantitative estimate of drug-likeness (QED) is 0.249. The van der Waals surface area contributed by atoms with E-state index >= 15 is 0 Å². The molecule has 4 unspecified atom stereocenters. The van der Waals surface area contributed by atoms with Gasteiger partial charge in [-0.15, -0.1) is 0 Å². The normalized spacial score (nSPS) is 32.5. The van der Waals surface area contributed by atoms with Gasteiger partial charge in [-0.3, -0.25) is 0 Å². The summed E-state index contributed by atoms with van der Waals surface area (Å²) in [5, 5.41) is 0. The summed E-state index contributed by atoms with van der Waals surface area (Å²) in [6, 6.07) is 0. The van der Waals surface area contributed by atoms with Crippen molar-refractivity contribution in [3.63, 3.8) is 0 Å². The predicted molar refractivity (Wildman–Crippen MR) is 154 cm³/mol. The number of hydrogen-bond donors (Lipinski definition) is 0. The molecule has 0 bridgehead atoms. The Kier molecular flexibility index (Phi) is 9.86. The highest BCUT2D eigenvalue weighted by molar-refractivity contribution is 7.60. The first-order valence-corrected chi connectivity index (χ1v) is 17.1. The molecule has 0 saturated heterocycles. The van der Waals surface area contributed by atoms with Crippen LogP contribution in [0.5, 0.6) is 0 Å². The lowest BCUT2D eigenvalue weighted by Gasteiger charge is -2.49. The fourth-order valence-corrected chi connectivity index (χ4v) is 12.9. The van der Waals surface area contributed by atoms with E-state index < -0.39 is 0 Å². The van der Waals surface area contributed by atoms with Gasteiger partial charge in [-0.05, 0) is 98.2 Å². The van der Waals surface area contributed by atoms with Gasteiger partial charge < -0.3 is 0 Å². The Bertz CT molecular complexity index is 667. The summed E-state index contributed by atoms with van der Waals surface area (Å²) in [5.41, 5.74) is 6.94. The minimum absolute atomic E-state index is 0.0996. The van der Waals surface area contributed by atoms with Crippen LogP contribution >= 0.6 is 7.92 Å². The Hall–Kier alpha value is -0.0900. The minimum Gasteiger partial charge on any atom is -0.0927 e. The van der Waals surface area contributed by atoms with Crippen LogP contribution in [-0.4, -0.2) is 17.0 Å². The van der Waals surface area contributed by atoms with Crippen molar-refractivity contribution in [2.45, 2.75) is 148 Å². The zero-order valence-corrected chi connectivity index (χ0v) is 24.6. The molecule has 0 aromatic carbocycles. The van der Waals surface area contributed by atoms with E-state index in [9.17, 15) is 0 Å². The minimum atomic E-state index is 0.0996. The molecule has 0 aromatic rings. The first-order chi connectivity index (χ1) is 16.4. The Morgan fingerprint density at radius 2 is 1.32 bits per heavy atom. The Morgan fingerprint density at radius 3 is 1.82 bits per heavy atom. The maximum absolute atomic E-state index is 2.82. The molecule has 0 heterocycles. The summed E-state index contributed by atoms with van der Waals surface area (Å²) >= 11 is 0. The van der Waals surface area contributed by atoms with E-state index in [0.717, 1.165) is 52.5 Å². The van der Waals surface area contributed by atoms with Gasteiger partial charge in [0.2, 0.25) is 0 Å². The zero-order chi connectivity index (χ0) is 24.2. The average Bonchev–Trinajstić information content (AvgIpc) is 2.85. The summed E-state index contributed by atoms with van der Waals surface area (Å²) in [6.45, 7) is 15.1. The molecule has 0 N–H and O–H groups in total. The summed E-state index contributed by atoms with van der Waals surface area (Å²) in [5.74, 6) is 4.90. The van der Waals surface area contributed by atoms with Gasteiger partial charge in [0, 0.05) is 5.66 Å². The van der Waals surface area contributed by atoms with Crippen molar-refractivity contribution in [1.82, 2.24) is 0 Å². The smallest absolute Gasteiger partial charge is 0.00412 e. The highest BCUT2D eigenvalue weighted by Crippen LogP contribution is 2.64. The van der Waals surface area contributed by atoms with Gasteiger partial charge in [-0.2, -0.15) is 0 Å². The fourth-order valence-electron chi connectivity index (χ4n) is 8.40. The highest BCUT2D eigenvalue weighted by atomic mass is 31.1. The van der Waals surface area contributed by atoms with E-state index in [1.165, 1.54) is 64.2 Å². The lowest BCUT2D eigenvalue weighted by molar-refractivity contribution is 0.228. The zero-order valence-electron chi connectivity index (χ0n) is 23.7. The second kappa shape index (κ2) is 12.4. The van der Waals surface area contributed by atoms with Crippen molar-refractivity contribution in [2.75, 3.05) is 0 Å². The molecule has 194 valence electrons. The number of rotatable bonds is 7. The lowest BCUT2D eigenvalue weighted by Crippen LogP contribution is -2.37. The van der Waals surface area contributed by atoms with E-state index in [4.69, 9.17) is 0 Å². The third-order valence-corrected chi connectivity index (χ3v) is 14.3. The molecular formula is C33H57P. The van der Waals surface area contributed by atoms with E-state index in [-0.39, 0.29) is 7.92 Å². The molecular weight excluding hydrogens is 427 g/mol. The maximum Gasteiger partial charge on any atom is 0.00412 e. The SMILES string of the molecule is CC(C)C1=C(C2CCC=CC2P(C2CCCCC2)C2CCCCC2)C(C(C)C)CC(C(C)C)C1. The molecule has 4 aliphatic carbocycles. The lowest BCUT2D eigenvalue weighted by atomic mass is 9.63. The predicted octanol–water partition coefficient (Wildman–Crippen LogP) is 10.8. The molecule has 4 aliphatic rings. The second-order valence-electron chi connectivity index (χ2n) is 13.6. The first-order valence-electron chi connectivity index (χ1n) is 15.5. The van der Waals surface area contributed by atoms with Crippen LogP contribution in [0.2, 0.25) is 0 Å². The Morgan fingerprint density at radius 1 is 0.735 bits per heavy atom. The average molecular weight is 485 g/mol. The largest absolute Gasteiger partial charge is 0.0927 e. The van der Waals surface area contributed by atoms with Crippen molar-refractivity contribution in [2.24, 2.45) is 35.5 Å². The van der Waals surface area contributed by atoms with Gasteiger partial charge in [0.25, 0.3) is 0 Å². The summed E-state index contributed by atoms with van der Waals surface area (Å²) in [7, 11) is 0.0996. The second-order valence-corrected chi connectivity index (χ2v) is 16.5. The number of hydrogen-bond acceptors (Lipinski definition) is 0. The Labute approximate surface area is 215 Å². The van der Waals surface area contributed by atoms with E-state index in [1.54, 1.807) is 25.7 Å². The molecule has 2 fully saturated rings. The molecule has 0 aliphatic heterocycles. The summed E-state index contributed by atoms with van der Waals surface area (Å²) in [6.07, 6.45) is 26.4. The molecule has 34 heavy (non-hydrogen) atoms. The monoisotopic (exact) mass is 484 g/mol. The highest BCUT2D eigenvalue weighted by Gasteiger charge is 2.44. The third kappa shape index (κ3) is 6.06. The van der Waals surface area contributed by atoms with Gasteiger partial charge >= 0.3 is 0 Å². The van der Waals surface area contributed by atoms with E-state index in [0.29, 0.717) is 0 Å². The van der Waals surface area contributed by atoms with Crippen molar-refractivity contribution in [3.8, 4) is 0 Å².